The third kappa shape index (κ3) is 2.94. The van der Waals surface area contributed by atoms with Crippen molar-refractivity contribution in [1.29, 1.82) is 0 Å². The fourth-order valence-electron chi connectivity index (χ4n) is 4.85. The van der Waals surface area contributed by atoms with Crippen LogP contribution in [0.2, 0.25) is 0 Å². The fraction of sp³-hybridized carbons (Fsp3) is 0.292. The summed E-state index contributed by atoms with van der Waals surface area (Å²) in [7, 11) is 1.35. The first-order chi connectivity index (χ1) is 14.9. The van der Waals surface area contributed by atoms with Crippen molar-refractivity contribution in [3.8, 4) is 5.75 Å². The lowest BCUT2D eigenvalue weighted by atomic mass is 9.70. The molecule has 2 unspecified atom stereocenters. The second-order valence-corrected chi connectivity index (χ2v) is 8.13. The zero-order valence-electron chi connectivity index (χ0n) is 16.8. The van der Waals surface area contributed by atoms with Gasteiger partial charge >= 0.3 is 5.92 Å². The summed E-state index contributed by atoms with van der Waals surface area (Å²) in [6, 6.07) is 3.02. The molecule has 2 aliphatic carbocycles. The third-order valence-corrected chi connectivity index (χ3v) is 6.35. The highest BCUT2D eigenvalue weighted by molar-refractivity contribution is 5.87. The number of alkyl halides is 2. The molecule has 31 heavy (non-hydrogen) atoms. The van der Waals surface area contributed by atoms with E-state index in [1.807, 2.05) is 30.4 Å². The number of amides is 1. The lowest BCUT2D eigenvalue weighted by Gasteiger charge is -2.35. The van der Waals surface area contributed by atoms with Crippen LogP contribution in [0.3, 0.4) is 0 Å². The van der Waals surface area contributed by atoms with Crippen LogP contribution in [0.1, 0.15) is 24.4 Å². The minimum atomic E-state index is -3.57. The molecule has 0 aromatic heterocycles. The van der Waals surface area contributed by atoms with Crippen molar-refractivity contribution in [2.75, 3.05) is 13.7 Å². The lowest BCUT2D eigenvalue weighted by Crippen LogP contribution is -2.37. The lowest BCUT2D eigenvalue weighted by molar-refractivity contribution is -0.147. The average molecular weight is 427 g/mol. The zero-order chi connectivity index (χ0) is 21.8. The molecule has 4 nitrogen and oxygen atoms in total. The van der Waals surface area contributed by atoms with Gasteiger partial charge < -0.3 is 14.4 Å². The highest BCUT2D eigenvalue weighted by Crippen LogP contribution is 2.53. The van der Waals surface area contributed by atoms with Crippen LogP contribution in [0, 0.1) is 11.2 Å². The number of nitrogens with zero attached hydrogens (tertiary/aromatic N) is 1. The number of rotatable bonds is 4. The first-order valence-electron chi connectivity index (χ1n) is 10.0. The van der Waals surface area contributed by atoms with Crippen LogP contribution in [0.5, 0.6) is 5.75 Å². The number of hydrogen-bond acceptors (Lipinski definition) is 3. The number of ether oxygens (including phenoxy) is 2. The van der Waals surface area contributed by atoms with E-state index < -0.39 is 35.5 Å². The molecule has 0 N–H and O–H groups in total. The third-order valence-electron chi connectivity index (χ3n) is 6.35. The summed E-state index contributed by atoms with van der Waals surface area (Å²) in [5.74, 6) is -4.63. The summed E-state index contributed by atoms with van der Waals surface area (Å²) in [5, 5.41) is 0. The van der Waals surface area contributed by atoms with Gasteiger partial charge in [-0.1, -0.05) is 36.4 Å². The van der Waals surface area contributed by atoms with E-state index in [9.17, 15) is 18.0 Å². The monoisotopic (exact) mass is 427 g/mol. The minimum Gasteiger partial charge on any atom is -0.496 e. The number of benzene rings is 1. The normalized spacial score (nSPS) is 27.9. The van der Waals surface area contributed by atoms with Gasteiger partial charge in [0.1, 0.15) is 17.3 Å². The van der Waals surface area contributed by atoms with Crippen LogP contribution in [-0.4, -0.2) is 30.4 Å². The Balaban J connectivity index is 1.49. The van der Waals surface area contributed by atoms with Crippen LogP contribution in [0.4, 0.5) is 13.2 Å². The van der Waals surface area contributed by atoms with Gasteiger partial charge in [-0.05, 0) is 30.2 Å². The van der Waals surface area contributed by atoms with Gasteiger partial charge in [-0.15, -0.1) is 0 Å². The molecule has 2 atom stereocenters. The Hall–Kier alpha value is -3.22. The number of halogens is 3. The topological polar surface area (TPSA) is 38.8 Å². The largest absolute Gasteiger partial charge is 0.496 e. The van der Waals surface area contributed by atoms with Crippen molar-refractivity contribution in [1.82, 2.24) is 4.90 Å². The highest BCUT2D eigenvalue weighted by Gasteiger charge is 2.55. The summed E-state index contributed by atoms with van der Waals surface area (Å²) in [4.78, 5) is 13.7. The summed E-state index contributed by atoms with van der Waals surface area (Å²) in [5.41, 5.74) is 1.24. The van der Waals surface area contributed by atoms with E-state index in [1.54, 1.807) is 12.3 Å². The number of carbonyl (C=O) groups excluding carboxylic acids is 1. The quantitative estimate of drug-likeness (QED) is 0.680. The van der Waals surface area contributed by atoms with Crippen LogP contribution in [0.15, 0.2) is 77.8 Å². The molecule has 2 aliphatic heterocycles. The molecule has 160 valence electrons. The number of methoxy groups -OCH3 is 1. The van der Waals surface area contributed by atoms with Crippen molar-refractivity contribution in [2.45, 2.75) is 24.8 Å². The van der Waals surface area contributed by atoms with Crippen molar-refractivity contribution < 1.29 is 27.4 Å². The van der Waals surface area contributed by atoms with E-state index >= 15 is 0 Å². The Morgan fingerprint density at radius 2 is 2.10 bits per heavy atom. The predicted molar refractivity (Wildman–Crippen MR) is 108 cm³/mol. The molecule has 1 amide bonds. The molecule has 5 rings (SSSR count). The molecule has 0 saturated carbocycles. The molecular weight excluding hydrogens is 407 g/mol. The number of likely N-dealkylation sites (tertiary alicyclic amines) is 1. The zero-order valence-corrected chi connectivity index (χ0v) is 16.8. The smallest absolute Gasteiger partial charge is 0.327 e. The van der Waals surface area contributed by atoms with Crippen molar-refractivity contribution >= 4 is 5.91 Å². The van der Waals surface area contributed by atoms with Crippen molar-refractivity contribution in [3.63, 3.8) is 0 Å². The SMILES string of the molecule is COc1cccc(F)c1C1CC(F)(F)C(=O)N1CC1=CC=C2OC=C3C=CC=CC32C1. The Kier molecular flexibility index (Phi) is 4.39. The Bertz CT molecular complexity index is 1120. The Labute approximate surface area is 177 Å². The molecule has 0 radical (unpaired) electrons. The minimum absolute atomic E-state index is 0.0217. The Morgan fingerprint density at radius 1 is 1.26 bits per heavy atom. The molecular formula is C24H20F3NO3. The van der Waals surface area contributed by atoms with Crippen molar-refractivity contribution in [2.24, 2.45) is 5.41 Å². The molecule has 1 aromatic rings. The van der Waals surface area contributed by atoms with E-state index in [4.69, 9.17) is 9.47 Å². The second-order valence-electron chi connectivity index (χ2n) is 8.13. The maximum absolute atomic E-state index is 14.7. The maximum atomic E-state index is 14.7. The number of hydrogen-bond donors (Lipinski definition) is 0. The van der Waals surface area contributed by atoms with Crippen LogP contribution in [-0.2, 0) is 9.53 Å². The fourth-order valence-corrected chi connectivity index (χ4v) is 4.85. The molecule has 0 bridgehead atoms. The summed E-state index contributed by atoms with van der Waals surface area (Å²) >= 11 is 0. The predicted octanol–water partition coefficient (Wildman–Crippen LogP) is 4.98. The molecule has 7 heteroatoms. The first kappa shape index (κ1) is 19.7. The molecule has 1 aromatic carbocycles. The second kappa shape index (κ2) is 6.90. The molecule has 1 spiro atoms. The molecule has 4 aliphatic rings. The van der Waals surface area contributed by atoms with Gasteiger partial charge in [-0.25, -0.2) is 4.39 Å². The van der Waals surface area contributed by atoms with Crippen LogP contribution < -0.4 is 4.74 Å². The summed E-state index contributed by atoms with van der Waals surface area (Å²) in [6.07, 6.45) is 12.8. The standard InChI is InChI=1S/C24H20F3NO3/c1-30-19-7-4-6-17(25)21(19)18-12-24(26,27)22(29)28(18)13-15-8-9-20-23(11-15)10-3-2-5-16(23)14-31-20/h2-10,14,18H,11-13H2,1H3. The van der Waals surface area contributed by atoms with Crippen LogP contribution in [0.25, 0.3) is 0 Å². The summed E-state index contributed by atoms with van der Waals surface area (Å²) < 4.78 is 54.6. The maximum Gasteiger partial charge on any atom is 0.327 e. The summed E-state index contributed by atoms with van der Waals surface area (Å²) in [6.45, 7) is -0.0348. The van der Waals surface area contributed by atoms with E-state index in [0.29, 0.717) is 6.42 Å². The van der Waals surface area contributed by atoms with E-state index in [-0.39, 0.29) is 17.9 Å². The molecule has 1 saturated heterocycles. The van der Waals surface area contributed by atoms with Gasteiger partial charge in [-0.3, -0.25) is 4.79 Å². The number of carbonyl (C=O) groups is 1. The van der Waals surface area contributed by atoms with Gasteiger partial charge in [0.15, 0.2) is 0 Å². The van der Waals surface area contributed by atoms with Crippen LogP contribution >= 0.6 is 0 Å². The van der Waals surface area contributed by atoms with Gasteiger partial charge in [0, 0.05) is 18.5 Å². The Morgan fingerprint density at radius 3 is 2.90 bits per heavy atom. The van der Waals surface area contributed by atoms with Crippen molar-refractivity contribution in [3.05, 3.63) is 89.2 Å². The first-order valence-corrected chi connectivity index (χ1v) is 10.0. The number of allylic oxidation sites excluding steroid dienone is 6. The van der Waals surface area contributed by atoms with Gasteiger partial charge in [0.2, 0.25) is 0 Å². The van der Waals surface area contributed by atoms with E-state index in [1.165, 1.54) is 25.3 Å². The van der Waals surface area contributed by atoms with Gasteiger partial charge in [-0.2, -0.15) is 8.78 Å². The molecule has 2 heterocycles. The molecule has 1 fully saturated rings. The average Bonchev–Trinajstić information content (AvgIpc) is 3.23. The van der Waals surface area contributed by atoms with E-state index in [2.05, 4.69) is 0 Å². The highest BCUT2D eigenvalue weighted by atomic mass is 19.3. The van der Waals surface area contributed by atoms with Gasteiger partial charge in [0.05, 0.1) is 30.4 Å². The van der Waals surface area contributed by atoms with Gasteiger partial charge in [0.25, 0.3) is 5.91 Å². The van der Waals surface area contributed by atoms with E-state index in [0.717, 1.165) is 21.8 Å².